The molecule has 0 fully saturated rings. The maximum Gasteiger partial charge on any atom is 0.220 e. The topological polar surface area (TPSA) is 69.6 Å². The number of hydrogen-bond donors (Lipinski definition) is 3. The summed E-state index contributed by atoms with van der Waals surface area (Å²) in [5.41, 5.74) is 0. The van der Waals surface area contributed by atoms with Crippen molar-refractivity contribution in [3.8, 4) is 0 Å². The number of allylic oxidation sites excluding steroid dienone is 3. The lowest BCUT2D eigenvalue weighted by molar-refractivity contribution is -0.122. The average molecular weight is 536 g/mol. The Morgan fingerprint density at radius 2 is 1.00 bits per heavy atom. The molecule has 0 aromatic heterocycles. The first-order chi connectivity index (χ1) is 18.7. The summed E-state index contributed by atoms with van der Waals surface area (Å²) in [5, 5.41) is 22.0. The third-order valence-corrected chi connectivity index (χ3v) is 7.50. The van der Waals surface area contributed by atoms with Gasteiger partial charge < -0.3 is 15.5 Å². The fraction of sp³-hybridized carbons (Fsp3) is 0.853. The summed E-state index contributed by atoms with van der Waals surface area (Å²) < 4.78 is 0. The van der Waals surface area contributed by atoms with Crippen LogP contribution in [-0.2, 0) is 4.79 Å². The molecule has 0 aromatic rings. The highest BCUT2D eigenvalue weighted by molar-refractivity contribution is 5.75. The van der Waals surface area contributed by atoms with Gasteiger partial charge in [-0.1, -0.05) is 160 Å². The largest absolute Gasteiger partial charge is 0.394 e. The predicted molar refractivity (Wildman–Crippen MR) is 165 cm³/mol. The maximum atomic E-state index is 11.4. The van der Waals surface area contributed by atoms with E-state index in [9.17, 15) is 15.0 Å². The molecule has 0 aliphatic carbocycles. The first-order valence-corrected chi connectivity index (χ1v) is 16.6. The van der Waals surface area contributed by atoms with E-state index < -0.39 is 12.1 Å². The van der Waals surface area contributed by atoms with Gasteiger partial charge in [-0.25, -0.2) is 0 Å². The van der Waals surface area contributed by atoms with Crippen molar-refractivity contribution in [3.63, 3.8) is 0 Å². The van der Waals surface area contributed by atoms with Crippen molar-refractivity contribution in [2.24, 2.45) is 0 Å². The van der Waals surface area contributed by atoms with Gasteiger partial charge in [0.05, 0.1) is 18.8 Å². The number of amides is 1. The Bertz CT molecular complexity index is 546. The first kappa shape index (κ1) is 36.9. The van der Waals surface area contributed by atoms with Gasteiger partial charge >= 0.3 is 0 Å². The van der Waals surface area contributed by atoms with Gasteiger partial charge in [-0.05, 0) is 25.7 Å². The van der Waals surface area contributed by atoms with Crippen molar-refractivity contribution >= 4 is 5.91 Å². The standard InChI is InChI=1S/C34H65NO3/c1-3-5-6-7-8-9-10-11-12-13-14-15-16-17-18-19-20-21-22-23-24-25-26-27-28-29-30-33(37)32(31-36)35-34(38)4-2/h25-26,29-30,32-33,36-37H,3-24,27-28,31H2,1-2H3,(H,35,38)/b26-25+,30-29+. The van der Waals surface area contributed by atoms with Crippen molar-refractivity contribution < 1.29 is 15.0 Å². The van der Waals surface area contributed by atoms with Gasteiger partial charge in [0, 0.05) is 6.42 Å². The number of aliphatic hydroxyl groups excluding tert-OH is 2. The normalized spacial score (nSPS) is 13.5. The molecular formula is C34H65NO3. The van der Waals surface area contributed by atoms with Gasteiger partial charge in [-0.3, -0.25) is 4.79 Å². The zero-order valence-electron chi connectivity index (χ0n) is 25.4. The molecule has 0 aliphatic heterocycles. The summed E-state index contributed by atoms with van der Waals surface area (Å²) in [4.78, 5) is 11.4. The fourth-order valence-electron chi connectivity index (χ4n) is 4.86. The molecule has 0 aromatic carbocycles. The van der Waals surface area contributed by atoms with E-state index in [2.05, 4.69) is 24.4 Å². The molecule has 4 heteroatoms. The minimum absolute atomic E-state index is 0.163. The Labute approximate surface area is 237 Å². The molecule has 0 saturated carbocycles. The van der Waals surface area contributed by atoms with E-state index in [4.69, 9.17) is 0 Å². The number of hydrogen-bond acceptors (Lipinski definition) is 3. The predicted octanol–water partition coefficient (Wildman–Crippen LogP) is 9.34. The van der Waals surface area contributed by atoms with Crippen molar-refractivity contribution in [1.29, 1.82) is 0 Å². The van der Waals surface area contributed by atoms with Crippen molar-refractivity contribution in [1.82, 2.24) is 5.32 Å². The summed E-state index contributed by atoms with van der Waals surface area (Å²) in [5.74, 6) is -0.163. The maximum absolute atomic E-state index is 11.4. The molecule has 38 heavy (non-hydrogen) atoms. The molecule has 0 radical (unpaired) electrons. The van der Waals surface area contributed by atoms with Gasteiger partial charge in [0.25, 0.3) is 0 Å². The van der Waals surface area contributed by atoms with Crippen LogP contribution in [0.15, 0.2) is 24.3 Å². The molecular weight excluding hydrogens is 470 g/mol. The molecule has 0 spiro atoms. The number of carbonyl (C=O) groups excluding carboxylic acids is 1. The molecule has 2 atom stereocenters. The molecule has 1 amide bonds. The summed E-state index contributed by atoms with van der Waals surface area (Å²) in [7, 11) is 0. The second kappa shape index (κ2) is 30.4. The van der Waals surface area contributed by atoms with Crippen LogP contribution >= 0.6 is 0 Å². The molecule has 2 unspecified atom stereocenters. The third kappa shape index (κ3) is 26.5. The van der Waals surface area contributed by atoms with Crippen LogP contribution in [0.5, 0.6) is 0 Å². The summed E-state index contributed by atoms with van der Waals surface area (Å²) >= 11 is 0. The number of unbranched alkanes of at least 4 members (excludes halogenated alkanes) is 21. The monoisotopic (exact) mass is 535 g/mol. The molecule has 0 aliphatic rings. The molecule has 0 bridgehead atoms. The quantitative estimate of drug-likeness (QED) is 0.0660. The van der Waals surface area contributed by atoms with E-state index in [-0.39, 0.29) is 12.5 Å². The van der Waals surface area contributed by atoms with Crippen molar-refractivity contribution in [2.75, 3.05) is 6.61 Å². The van der Waals surface area contributed by atoms with E-state index in [0.29, 0.717) is 6.42 Å². The summed E-state index contributed by atoms with van der Waals surface area (Å²) in [6, 6.07) is -0.631. The van der Waals surface area contributed by atoms with Crippen LogP contribution < -0.4 is 5.32 Å². The van der Waals surface area contributed by atoms with Crippen LogP contribution in [0.2, 0.25) is 0 Å². The molecule has 0 heterocycles. The minimum atomic E-state index is -0.853. The zero-order chi connectivity index (χ0) is 27.9. The number of carbonyl (C=O) groups is 1. The SMILES string of the molecule is CCCCCCCCCCCCCCCCCCCCCC/C=C/CC/C=C/C(O)C(CO)NC(=O)CC. The van der Waals surface area contributed by atoms with Gasteiger partial charge in [0.1, 0.15) is 0 Å². The van der Waals surface area contributed by atoms with E-state index in [0.717, 1.165) is 19.3 Å². The molecule has 224 valence electrons. The molecule has 0 rings (SSSR count). The van der Waals surface area contributed by atoms with Crippen LogP contribution in [-0.4, -0.2) is 34.9 Å². The Morgan fingerprint density at radius 1 is 0.605 bits per heavy atom. The van der Waals surface area contributed by atoms with E-state index in [1.165, 1.54) is 128 Å². The number of aliphatic hydroxyl groups is 2. The highest BCUT2D eigenvalue weighted by Gasteiger charge is 2.17. The average Bonchev–Trinajstić information content (AvgIpc) is 2.93. The van der Waals surface area contributed by atoms with Crippen LogP contribution in [0, 0.1) is 0 Å². The Morgan fingerprint density at radius 3 is 1.42 bits per heavy atom. The highest BCUT2D eigenvalue weighted by Crippen LogP contribution is 2.15. The smallest absolute Gasteiger partial charge is 0.220 e. The Hall–Kier alpha value is -1.13. The second-order valence-electron chi connectivity index (χ2n) is 11.2. The summed E-state index contributed by atoms with van der Waals surface area (Å²) in [6.07, 6.45) is 38.9. The minimum Gasteiger partial charge on any atom is -0.394 e. The Balaban J connectivity index is 3.34. The van der Waals surface area contributed by atoms with E-state index in [1.807, 2.05) is 6.08 Å². The van der Waals surface area contributed by atoms with Crippen LogP contribution in [0.3, 0.4) is 0 Å². The second-order valence-corrected chi connectivity index (χ2v) is 11.2. The van der Waals surface area contributed by atoms with E-state index >= 15 is 0 Å². The van der Waals surface area contributed by atoms with E-state index in [1.54, 1.807) is 13.0 Å². The first-order valence-electron chi connectivity index (χ1n) is 16.6. The lowest BCUT2D eigenvalue weighted by Gasteiger charge is -2.19. The number of nitrogens with one attached hydrogen (secondary N) is 1. The van der Waals surface area contributed by atoms with Crippen molar-refractivity contribution in [2.45, 2.75) is 180 Å². The number of rotatable bonds is 29. The Kier molecular flexibility index (Phi) is 29.5. The third-order valence-electron chi connectivity index (χ3n) is 7.50. The van der Waals surface area contributed by atoms with Crippen molar-refractivity contribution in [3.05, 3.63) is 24.3 Å². The molecule has 0 saturated heterocycles. The van der Waals surface area contributed by atoms with Gasteiger partial charge in [0.15, 0.2) is 0 Å². The molecule has 4 nitrogen and oxygen atoms in total. The van der Waals surface area contributed by atoms with Crippen LogP contribution in [0.25, 0.3) is 0 Å². The molecule has 3 N–H and O–H groups in total. The zero-order valence-corrected chi connectivity index (χ0v) is 25.4. The lowest BCUT2D eigenvalue weighted by Crippen LogP contribution is -2.44. The summed E-state index contributed by atoms with van der Waals surface area (Å²) in [6.45, 7) is 3.77. The highest BCUT2D eigenvalue weighted by atomic mass is 16.3. The van der Waals surface area contributed by atoms with Gasteiger partial charge in [-0.2, -0.15) is 0 Å². The van der Waals surface area contributed by atoms with Crippen LogP contribution in [0.4, 0.5) is 0 Å². The van der Waals surface area contributed by atoms with Gasteiger partial charge in [-0.15, -0.1) is 0 Å². The lowest BCUT2D eigenvalue weighted by atomic mass is 10.0. The van der Waals surface area contributed by atoms with Gasteiger partial charge in [0.2, 0.25) is 5.91 Å². The fourth-order valence-corrected chi connectivity index (χ4v) is 4.86. The van der Waals surface area contributed by atoms with Crippen LogP contribution in [0.1, 0.15) is 168 Å².